The van der Waals surface area contributed by atoms with Gasteiger partial charge < -0.3 is 0 Å². The summed E-state index contributed by atoms with van der Waals surface area (Å²) in [4.78, 5) is 4.79. The van der Waals surface area contributed by atoms with Gasteiger partial charge >= 0.3 is 0 Å². The molecule has 0 N–H and O–H groups in total. The molecule has 4 aliphatic rings. The van der Waals surface area contributed by atoms with E-state index in [1.165, 1.54) is 43.5 Å². The van der Waals surface area contributed by atoms with Gasteiger partial charge in [0.15, 0.2) is 0 Å². The standard InChI is InChI=1S/C15H18N2S/c16-2-1-13-9-18-14(17-13)15-6-10-3-11(7-15)5-12(4-10)8-15/h9-12H,1,3-8H2. The Bertz CT molecular complexity index is 476. The molecule has 2 nitrogen and oxygen atoms in total. The molecule has 18 heavy (non-hydrogen) atoms. The van der Waals surface area contributed by atoms with Crippen molar-refractivity contribution in [2.24, 2.45) is 17.8 Å². The number of aromatic nitrogens is 1. The third-order valence-corrected chi connectivity index (χ3v) is 6.44. The molecule has 0 spiro atoms. The smallest absolute Gasteiger partial charge is 0.0990 e. The van der Waals surface area contributed by atoms with Gasteiger partial charge in [0.05, 0.1) is 23.2 Å². The van der Waals surface area contributed by atoms with Gasteiger partial charge in [-0.15, -0.1) is 11.3 Å². The van der Waals surface area contributed by atoms with Crippen molar-refractivity contribution in [3.63, 3.8) is 0 Å². The van der Waals surface area contributed by atoms with E-state index in [9.17, 15) is 0 Å². The molecule has 4 aliphatic carbocycles. The van der Waals surface area contributed by atoms with Crippen LogP contribution in [0.4, 0.5) is 0 Å². The van der Waals surface area contributed by atoms with Gasteiger partial charge in [0.2, 0.25) is 0 Å². The van der Waals surface area contributed by atoms with Gasteiger partial charge in [-0.1, -0.05) is 0 Å². The molecule has 94 valence electrons. The monoisotopic (exact) mass is 258 g/mol. The predicted octanol–water partition coefficient (Wildman–Crippen LogP) is 3.68. The van der Waals surface area contributed by atoms with Crippen LogP contribution >= 0.6 is 11.3 Å². The van der Waals surface area contributed by atoms with Crippen molar-refractivity contribution >= 4 is 11.3 Å². The van der Waals surface area contributed by atoms with E-state index in [1.807, 2.05) is 11.3 Å². The molecule has 0 aliphatic heterocycles. The van der Waals surface area contributed by atoms with E-state index in [4.69, 9.17) is 10.2 Å². The Labute approximate surface area is 112 Å². The molecule has 1 aromatic heterocycles. The number of hydrogen-bond donors (Lipinski definition) is 0. The molecule has 4 saturated carbocycles. The van der Waals surface area contributed by atoms with E-state index in [0.717, 1.165) is 23.4 Å². The maximum absolute atomic E-state index is 8.78. The van der Waals surface area contributed by atoms with Gasteiger partial charge in [-0.3, -0.25) is 0 Å². The highest BCUT2D eigenvalue weighted by Crippen LogP contribution is 2.61. The second kappa shape index (κ2) is 3.81. The van der Waals surface area contributed by atoms with E-state index < -0.39 is 0 Å². The lowest BCUT2D eigenvalue weighted by Crippen LogP contribution is -2.48. The van der Waals surface area contributed by atoms with Crippen molar-refractivity contribution in [1.29, 1.82) is 5.26 Å². The summed E-state index contributed by atoms with van der Waals surface area (Å²) in [5.74, 6) is 2.92. The van der Waals surface area contributed by atoms with Crippen molar-refractivity contribution in [1.82, 2.24) is 4.98 Å². The van der Waals surface area contributed by atoms with Crippen LogP contribution in [0.1, 0.15) is 49.2 Å². The molecule has 5 rings (SSSR count). The number of thiazole rings is 1. The fourth-order valence-electron chi connectivity index (χ4n) is 5.09. The molecule has 3 heteroatoms. The minimum absolute atomic E-state index is 0.410. The normalized spacial score (nSPS) is 40.9. The van der Waals surface area contributed by atoms with Crippen LogP contribution in [0.5, 0.6) is 0 Å². The third kappa shape index (κ3) is 1.55. The van der Waals surface area contributed by atoms with Gasteiger partial charge in [-0.2, -0.15) is 5.26 Å². The van der Waals surface area contributed by atoms with E-state index in [-0.39, 0.29) is 0 Å². The van der Waals surface area contributed by atoms with Gasteiger partial charge in [-0.25, -0.2) is 4.98 Å². The lowest BCUT2D eigenvalue weighted by atomic mass is 9.50. The van der Waals surface area contributed by atoms with E-state index in [2.05, 4.69) is 11.4 Å². The van der Waals surface area contributed by atoms with Crippen molar-refractivity contribution in [2.75, 3.05) is 0 Å². The Morgan fingerprint density at radius 3 is 2.39 bits per heavy atom. The van der Waals surface area contributed by atoms with Crippen LogP contribution in [-0.4, -0.2) is 4.98 Å². The number of hydrogen-bond acceptors (Lipinski definition) is 3. The van der Waals surface area contributed by atoms with E-state index in [1.54, 1.807) is 0 Å². The number of nitrogens with zero attached hydrogens (tertiary/aromatic N) is 2. The van der Waals surface area contributed by atoms with Gasteiger partial charge in [0.1, 0.15) is 0 Å². The highest BCUT2D eigenvalue weighted by molar-refractivity contribution is 7.09. The topological polar surface area (TPSA) is 36.7 Å². The van der Waals surface area contributed by atoms with Crippen molar-refractivity contribution in [3.8, 4) is 6.07 Å². The minimum atomic E-state index is 0.410. The van der Waals surface area contributed by atoms with Crippen molar-refractivity contribution < 1.29 is 0 Å². The summed E-state index contributed by atoms with van der Waals surface area (Å²) in [6.45, 7) is 0. The minimum Gasteiger partial charge on any atom is -0.245 e. The molecule has 1 aromatic rings. The molecule has 1 heterocycles. The average molecular weight is 258 g/mol. The highest BCUT2D eigenvalue weighted by Gasteiger charge is 2.52. The number of nitriles is 1. The van der Waals surface area contributed by atoms with Gasteiger partial charge in [0.25, 0.3) is 0 Å². The first-order valence-corrected chi connectivity index (χ1v) is 7.97. The summed E-state index contributed by atoms with van der Waals surface area (Å²) in [6, 6.07) is 2.22. The molecule has 0 saturated heterocycles. The predicted molar refractivity (Wildman–Crippen MR) is 71.3 cm³/mol. The van der Waals surface area contributed by atoms with Crippen LogP contribution in [0.3, 0.4) is 0 Å². The lowest BCUT2D eigenvalue weighted by Gasteiger charge is -2.56. The number of rotatable bonds is 2. The van der Waals surface area contributed by atoms with Crippen LogP contribution in [0.15, 0.2) is 5.38 Å². The second-order valence-electron chi connectivity index (χ2n) is 6.68. The Morgan fingerprint density at radius 2 is 1.83 bits per heavy atom. The lowest BCUT2D eigenvalue weighted by molar-refractivity contribution is -0.00532. The molecule has 4 fully saturated rings. The van der Waals surface area contributed by atoms with Crippen LogP contribution in [0, 0.1) is 29.1 Å². The molecule has 0 radical (unpaired) electrons. The second-order valence-corrected chi connectivity index (χ2v) is 7.53. The van der Waals surface area contributed by atoms with E-state index >= 15 is 0 Å². The van der Waals surface area contributed by atoms with Crippen molar-refractivity contribution in [2.45, 2.75) is 50.4 Å². The van der Waals surface area contributed by atoms with Crippen molar-refractivity contribution in [3.05, 3.63) is 16.1 Å². The maximum Gasteiger partial charge on any atom is 0.0990 e. The average Bonchev–Trinajstić information content (AvgIpc) is 2.77. The molecule has 0 amide bonds. The van der Waals surface area contributed by atoms with Crippen LogP contribution in [0.25, 0.3) is 0 Å². The summed E-state index contributed by atoms with van der Waals surface area (Å²) in [6.07, 6.45) is 9.04. The molecule has 4 bridgehead atoms. The summed E-state index contributed by atoms with van der Waals surface area (Å²) < 4.78 is 0. The van der Waals surface area contributed by atoms with Crippen LogP contribution < -0.4 is 0 Å². The van der Waals surface area contributed by atoms with Gasteiger partial charge in [-0.05, 0) is 56.3 Å². The van der Waals surface area contributed by atoms with Crippen LogP contribution in [0.2, 0.25) is 0 Å². The Hall–Kier alpha value is -0.880. The molecule has 0 aromatic carbocycles. The highest BCUT2D eigenvalue weighted by atomic mass is 32.1. The molecule has 0 atom stereocenters. The molecule has 0 unspecified atom stereocenters. The SMILES string of the molecule is N#CCc1csc(C23CC4CC(CC(C4)C2)C3)n1. The molecular formula is C15H18N2S. The zero-order valence-corrected chi connectivity index (χ0v) is 11.4. The zero-order valence-electron chi connectivity index (χ0n) is 10.6. The maximum atomic E-state index is 8.78. The quantitative estimate of drug-likeness (QED) is 0.811. The Balaban J connectivity index is 1.68. The Kier molecular flexibility index (Phi) is 2.32. The largest absolute Gasteiger partial charge is 0.245 e. The summed E-state index contributed by atoms with van der Waals surface area (Å²) in [7, 11) is 0. The van der Waals surface area contributed by atoms with E-state index in [0.29, 0.717) is 11.8 Å². The first kappa shape index (κ1) is 11.0. The molecular weight excluding hydrogens is 240 g/mol. The fraction of sp³-hybridized carbons (Fsp3) is 0.733. The fourth-order valence-corrected chi connectivity index (χ4v) is 6.14. The summed E-state index contributed by atoms with van der Waals surface area (Å²) in [5.41, 5.74) is 1.40. The first-order chi connectivity index (χ1) is 8.77. The first-order valence-electron chi connectivity index (χ1n) is 7.09. The summed E-state index contributed by atoms with van der Waals surface area (Å²) >= 11 is 1.82. The third-order valence-electron chi connectivity index (χ3n) is 5.30. The Morgan fingerprint density at radius 1 is 1.22 bits per heavy atom. The van der Waals surface area contributed by atoms with Gasteiger partial charge in [0, 0.05) is 10.8 Å². The summed E-state index contributed by atoms with van der Waals surface area (Å²) in [5, 5.41) is 12.2. The zero-order chi connectivity index (χ0) is 12.2. The van der Waals surface area contributed by atoms with Crippen LogP contribution in [-0.2, 0) is 11.8 Å².